The predicted molar refractivity (Wildman–Crippen MR) is 138 cm³/mol. The van der Waals surface area contributed by atoms with Crippen molar-refractivity contribution >= 4 is 17.7 Å². The predicted octanol–water partition coefficient (Wildman–Crippen LogP) is 3.66. The van der Waals surface area contributed by atoms with Crippen LogP contribution in [0.1, 0.15) is 42.6 Å². The Balaban J connectivity index is 1.60. The van der Waals surface area contributed by atoms with Gasteiger partial charge in [-0.15, -0.1) is 0 Å². The SMILES string of the molecule is CC(C)NC(=O)C[C@@H]1CCN2C[C@@H]1/C=C\COc1ccccc1CN(C(=O)c1ccccc1)CC2=O. The lowest BCUT2D eigenvalue weighted by atomic mass is 9.82. The first-order valence-corrected chi connectivity index (χ1v) is 12.7. The number of rotatable bonds is 4. The van der Waals surface area contributed by atoms with E-state index >= 15 is 0 Å². The maximum absolute atomic E-state index is 13.5. The summed E-state index contributed by atoms with van der Waals surface area (Å²) in [6.07, 6.45) is 5.23. The molecule has 1 saturated heterocycles. The number of para-hydroxylation sites is 1. The molecule has 7 nitrogen and oxygen atoms in total. The molecule has 2 aliphatic heterocycles. The van der Waals surface area contributed by atoms with Gasteiger partial charge in [-0.2, -0.15) is 0 Å². The second-order valence-electron chi connectivity index (χ2n) is 9.85. The van der Waals surface area contributed by atoms with Crippen molar-refractivity contribution in [2.24, 2.45) is 11.8 Å². The van der Waals surface area contributed by atoms with Crippen molar-refractivity contribution in [2.45, 2.75) is 39.3 Å². The van der Waals surface area contributed by atoms with Crippen molar-refractivity contribution in [3.05, 3.63) is 77.9 Å². The quantitative estimate of drug-likeness (QED) is 0.665. The molecule has 2 atom stereocenters. The fraction of sp³-hybridized carbons (Fsp3) is 0.414. The van der Waals surface area contributed by atoms with E-state index in [-0.39, 0.29) is 48.7 Å². The van der Waals surface area contributed by atoms with E-state index < -0.39 is 0 Å². The molecular formula is C29H35N3O4. The number of carbonyl (C=O) groups excluding carboxylic acids is 3. The van der Waals surface area contributed by atoms with Gasteiger partial charge in [-0.05, 0) is 50.3 Å². The van der Waals surface area contributed by atoms with Gasteiger partial charge < -0.3 is 19.9 Å². The van der Waals surface area contributed by atoms with E-state index in [4.69, 9.17) is 4.74 Å². The van der Waals surface area contributed by atoms with Crippen LogP contribution in [-0.2, 0) is 16.1 Å². The summed E-state index contributed by atoms with van der Waals surface area (Å²) in [6, 6.07) is 16.8. The van der Waals surface area contributed by atoms with Gasteiger partial charge in [0.2, 0.25) is 11.8 Å². The molecule has 36 heavy (non-hydrogen) atoms. The molecule has 0 radical (unpaired) electrons. The van der Waals surface area contributed by atoms with E-state index in [1.54, 1.807) is 17.0 Å². The number of nitrogens with one attached hydrogen (secondary N) is 1. The summed E-state index contributed by atoms with van der Waals surface area (Å²) in [7, 11) is 0. The van der Waals surface area contributed by atoms with E-state index in [1.807, 2.05) is 67.3 Å². The van der Waals surface area contributed by atoms with Crippen molar-refractivity contribution in [3.63, 3.8) is 0 Å². The molecule has 0 aliphatic carbocycles. The normalized spacial score (nSPS) is 21.4. The Labute approximate surface area is 213 Å². The minimum absolute atomic E-state index is 0.0169. The molecule has 1 N–H and O–H groups in total. The first kappa shape index (κ1) is 25.5. The zero-order chi connectivity index (χ0) is 25.5. The molecular weight excluding hydrogens is 454 g/mol. The zero-order valence-corrected chi connectivity index (χ0v) is 21.1. The Morgan fingerprint density at radius 2 is 1.81 bits per heavy atom. The van der Waals surface area contributed by atoms with Crippen LogP contribution in [-0.4, -0.2) is 59.8 Å². The topological polar surface area (TPSA) is 79.0 Å². The van der Waals surface area contributed by atoms with E-state index in [2.05, 4.69) is 11.4 Å². The summed E-state index contributed by atoms with van der Waals surface area (Å²) in [5, 5.41) is 2.98. The Kier molecular flexibility index (Phi) is 8.41. The molecule has 0 aromatic heterocycles. The Hall–Kier alpha value is -3.61. The van der Waals surface area contributed by atoms with Gasteiger partial charge in [-0.25, -0.2) is 0 Å². The number of nitrogens with zero attached hydrogens (tertiary/aromatic N) is 2. The molecule has 1 fully saturated rings. The molecule has 0 spiro atoms. The third-order valence-corrected chi connectivity index (χ3v) is 6.74. The van der Waals surface area contributed by atoms with Gasteiger partial charge in [0.1, 0.15) is 18.9 Å². The number of hydrogen-bond donors (Lipinski definition) is 1. The monoisotopic (exact) mass is 489 g/mol. The molecule has 2 bridgehead atoms. The van der Waals surface area contributed by atoms with E-state index in [1.165, 1.54) is 0 Å². The highest BCUT2D eigenvalue weighted by molar-refractivity contribution is 5.96. The van der Waals surface area contributed by atoms with Crippen LogP contribution in [0.4, 0.5) is 0 Å². The Morgan fingerprint density at radius 1 is 1.06 bits per heavy atom. The number of benzene rings is 2. The van der Waals surface area contributed by atoms with E-state index in [0.717, 1.165) is 12.0 Å². The number of amides is 3. The van der Waals surface area contributed by atoms with Crippen LogP contribution in [0.3, 0.4) is 0 Å². The van der Waals surface area contributed by atoms with Crippen molar-refractivity contribution in [3.8, 4) is 5.75 Å². The van der Waals surface area contributed by atoms with Crippen LogP contribution in [0.25, 0.3) is 0 Å². The standard InChI is InChI=1S/C29H35N3O4/c1-21(2)30-27(33)17-23-14-15-31-18-24(23)12-8-16-36-26-13-7-6-11-25(26)19-32(20-28(31)34)29(35)22-9-4-3-5-10-22/h3-13,21,23-24H,14-20H2,1-2H3,(H,30,33)/b12-8-/t23-,24-/m0/s1. The van der Waals surface area contributed by atoms with E-state index in [9.17, 15) is 14.4 Å². The molecule has 2 aliphatic rings. The average molecular weight is 490 g/mol. The smallest absolute Gasteiger partial charge is 0.254 e. The summed E-state index contributed by atoms with van der Waals surface area (Å²) in [5.41, 5.74) is 1.39. The van der Waals surface area contributed by atoms with Crippen molar-refractivity contribution in [2.75, 3.05) is 26.2 Å². The van der Waals surface area contributed by atoms with Crippen LogP contribution >= 0.6 is 0 Å². The summed E-state index contributed by atoms with van der Waals surface area (Å²) < 4.78 is 6.07. The van der Waals surface area contributed by atoms with Crippen LogP contribution in [0.5, 0.6) is 5.75 Å². The van der Waals surface area contributed by atoms with Crippen LogP contribution in [0.2, 0.25) is 0 Å². The highest BCUT2D eigenvalue weighted by Crippen LogP contribution is 2.29. The minimum atomic E-state index is -0.191. The Bertz CT molecular complexity index is 1100. The maximum atomic E-state index is 13.5. The van der Waals surface area contributed by atoms with Gasteiger partial charge >= 0.3 is 0 Å². The Morgan fingerprint density at radius 3 is 2.58 bits per heavy atom. The zero-order valence-electron chi connectivity index (χ0n) is 21.1. The number of ether oxygens (including phenoxy) is 1. The highest BCUT2D eigenvalue weighted by Gasteiger charge is 2.33. The molecule has 2 heterocycles. The van der Waals surface area contributed by atoms with Gasteiger partial charge in [0.25, 0.3) is 5.91 Å². The van der Waals surface area contributed by atoms with Crippen molar-refractivity contribution < 1.29 is 19.1 Å². The molecule has 0 saturated carbocycles. The molecule has 2 aromatic carbocycles. The molecule has 4 rings (SSSR count). The summed E-state index contributed by atoms with van der Waals surface area (Å²) >= 11 is 0. The van der Waals surface area contributed by atoms with E-state index in [0.29, 0.717) is 37.4 Å². The second kappa shape index (κ2) is 11.9. The largest absolute Gasteiger partial charge is 0.489 e. The highest BCUT2D eigenvalue weighted by atomic mass is 16.5. The fourth-order valence-electron chi connectivity index (χ4n) is 4.92. The third kappa shape index (κ3) is 6.53. The van der Waals surface area contributed by atoms with Gasteiger partial charge in [0.15, 0.2) is 0 Å². The van der Waals surface area contributed by atoms with Crippen LogP contribution < -0.4 is 10.1 Å². The summed E-state index contributed by atoms with van der Waals surface area (Å²) in [6.45, 7) is 5.63. The third-order valence-electron chi connectivity index (χ3n) is 6.74. The summed E-state index contributed by atoms with van der Waals surface area (Å²) in [4.78, 5) is 42.8. The van der Waals surface area contributed by atoms with Crippen molar-refractivity contribution in [1.82, 2.24) is 15.1 Å². The molecule has 7 heteroatoms. The molecule has 0 unspecified atom stereocenters. The number of piperidine rings is 1. The van der Waals surface area contributed by atoms with Crippen LogP contribution in [0.15, 0.2) is 66.7 Å². The maximum Gasteiger partial charge on any atom is 0.254 e. The number of carbonyl (C=O) groups is 3. The summed E-state index contributed by atoms with van der Waals surface area (Å²) in [5.74, 6) is 0.637. The lowest BCUT2D eigenvalue weighted by Crippen LogP contribution is -2.48. The van der Waals surface area contributed by atoms with Crippen molar-refractivity contribution in [1.29, 1.82) is 0 Å². The minimum Gasteiger partial charge on any atom is -0.489 e. The van der Waals surface area contributed by atoms with Gasteiger partial charge in [-0.3, -0.25) is 14.4 Å². The molecule has 190 valence electrons. The lowest BCUT2D eigenvalue weighted by molar-refractivity contribution is -0.134. The average Bonchev–Trinajstić information content (AvgIpc) is 2.87. The molecule has 3 amide bonds. The van der Waals surface area contributed by atoms with Gasteiger partial charge in [0, 0.05) is 36.7 Å². The first-order chi connectivity index (χ1) is 17.4. The second-order valence-corrected chi connectivity index (χ2v) is 9.85. The number of fused-ring (bicyclic) bond motifs is 3. The lowest BCUT2D eigenvalue weighted by Gasteiger charge is -2.38. The van der Waals surface area contributed by atoms with Gasteiger partial charge in [0.05, 0.1) is 6.54 Å². The van der Waals surface area contributed by atoms with Crippen LogP contribution in [0, 0.1) is 11.8 Å². The first-order valence-electron chi connectivity index (χ1n) is 12.7. The fourth-order valence-corrected chi connectivity index (χ4v) is 4.92. The molecule has 2 aromatic rings. The van der Waals surface area contributed by atoms with Gasteiger partial charge in [-0.1, -0.05) is 48.6 Å². The number of hydrogen-bond acceptors (Lipinski definition) is 4.